The highest BCUT2D eigenvalue weighted by Gasteiger charge is 2.11. The first-order valence-electron chi connectivity index (χ1n) is 4.47. The predicted octanol–water partition coefficient (Wildman–Crippen LogP) is 1.90. The van der Waals surface area contributed by atoms with E-state index in [2.05, 4.69) is 13.2 Å². The summed E-state index contributed by atoms with van der Waals surface area (Å²) < 4.78 is 0. The van der Waals surface area contributed by atoms with Gasteiger partial charge in [-0.05, 0) is 23.7 Å². The maximum Gasteiger partial charge on any atom is 0.308 e. The Morgan fingerprint density at radius 3 is 2.50 bits per heavy atom. The molecule has 0 rings (SSSR count). The summed E-state index contributed by atoms with van der Waals surface area (Å²) in [6, 6.07) is 0. The number of rotatable bonds is 7. The molecule has 3 heteroatoms. The van der Waals surface area contributed by atoms with Gasteiger partial charge in [-0.15, -0.1) is 0 Å². The first-order valence-corrected chi connectivity index (χ1v) is 6.45. The molecule has 0 aromatic rings. The number of carbonyl (C=O) groups is 1. The topological polar surface area (TPSA) is 37.3 Å². The summed E-state index contributed by atoms with van der Waals surface area (Å²) in [7, 11) is 0.327. The van der Waals surface area contributed by atoms with Gasteiger partial charge in [-0.2, -0.15) is 0 Å². The van der Waals surface area contributed by atoms with E-state index in [0.29, 0.717) is 17.3 Å². The van der Waals surface area contributed by atoms with E-state index >= 15 is 0 Å². The lowest BCUT2D eigenvalue weighted by molar-refractivity contribution is -0.136. The van der Waals surface area contributed by atoms with Crippen molar-refractivity contribution in [2.24, 2.45) is 0 Å². The molecule has 72 valence electrons. The predicted molar refractivity (Wildman–Crippen MR) is 54.8 cm³/mol. The van der Waals surface area contributed by atoms with Crippen LogP contribution in [0, 0.1) is 0 Å². The van der Waals surface area contributed by atoms with Gasteiger partial charge in [0, 0.05) is 0 Å². The Labute approximate surface area is 77.7 Å². The summed E-state index contributed by atoms with van der Waals surface area (Å²) in [6.45, 7) is 2.19. The van der Waals surface area contributed by atoms with Gasteiger partial charge in [0.15, 0.2) is 0 Å². The van der Waals surface area contributed by atoms with Crippen LogP contribution in [0.5, 0.6) is 0 Å². The molecule has 0 spiro atoms. The molecule has 0 fully saturated rings. The largest absolute Gasteiger partial charge is 0.481 e. The summed E-state index contributed by atoms with van der Waals surface area (Å²) in [5, 5.41) is 8.44. The van der Waals surface area contributed by atoms with E-state index in [9.17, 15) is 4.79 Å². The van der Waals surface area contributed by atoms with Gasteiger partial charge >= 0.3 is 5.97 Å². The van der Waals surface area contributed by atoms with Crippen LogP contribution in [0.2, 0.25) is 0 Å². The van der Waals surface area contributed by atoms with Crippen LogP contribution in [0.15, 0.2) is 0 Å². The Hall–Kier alpha value is -0.180. The van der Waals surface area contributed by atoms with Gasteiger partial charge in [0.2, 0.25) is 0 Å². The molecular formula is C9H19O2S+. The number of aliphatic carboxylic acids is 1. The van der Waals surface area contributed by atoms with Crippen molar-refractivity contribution < 1.29 is 9.90 Å². The molecule has 0 saturated heterocycles. The van der Waals surface area contributed by atoms with Crippen molar-refractivity contribution in [2.75, 3.05) is 17.8 Å². The number of carboxylic acid groups (broad SMARTS) is 1. The van der Waals surface area contributed by atoms with Gasteiger partial charge in [0.25, 0.3) is 0 Å². The van der Waals surface area contributed by atoms with Crippen molar-refractivity contribution in [2.45, 2.75) is 32.6 Å². The molecule has 1 atom stereocenters. The molecule has 1 N–H and O–H groups in total. The summed E-state index contributed by atoms with van der Waals surface area (Å²) >= 11 is 0. The van der Waals surface area contributed by atoms with Crippen molar-refractivity contribution >= 4 is 16.9 Å². The van der Waals surface area contributed by atoms with Crippen LogP contribution in [-0.2, 0) is 15.7 Å². The van der Waals surface area contributed by atoms with Crippen LogP contribution >= 0.6 is 0 Å². The van der Waals surface area contributed by atoms with Crippen molar-refractivity contribution in [3.05, 3.63) is 0 Å². The minimum Gasteiger partial charge on any atom is -0.481 e. The van der Waals surface area contributed by atoms with Crippen molar-refractivity contribution in [1.82, 2.24) is 0 Å². The average Bonchev–Trinajstić information content (AvgIpc) is 2.01. The Morgan fingerprint density at radius 1 is 1.33 bits per heavy atom. The van der Waals surface area contributed by atoms with Gasteiger partial charge in [-0.25, -0.2) is 0 Å². The quantitative estimate of drug-likeness (QED) is 0.493. The number of carboxylic acids is 1. The molecule has 0 aliphatic rings. The number of hydrogen-bond acceptors (Lipinski definition) is 1. The first kappa shape index (κ1) is 11.8. The van der Waals surface area contributed by atoms with E-state index in [1.54, 1.807) is 0 Å². The van der Waals surface area contributed by atoms with Gasteiger partial charge in [0.1, 0.15) is 11.5 Å². The SMILES string of the molecule is CCCCC[S+](C)CCC(=O)O. The summed E-state index contributed by atoms with van der Waals surface area (Å²) in [5.41, 5.74) is 0. The Bertz CT molecular complexity index is 126. The highest BCUT2D eigenvalue weighted by molar-refractivity contribution is 7.96. The first-order chi connectivity index (χ1) is 5.66. The van der Waals surface area contributed by atoms with Crippen molar-refractivity contribution in [3.63, 3.8) is 0 Å². The van der Waals surface area contributed by atoms with Crippen molar-refractivity contribution in [1.29, 1.82) is 0 Å². The van der Waals surface area contributed by atoms with E-state index in [-0.39, 0.29) is 0 Å². The summed E-state index contributed by atoms with van der Waals surface area (Å²) in [6.07, 6.45) is 6.29. The van der Waals surface area contributed by atoms with Gasteiger partial charge in [-0.1, -0.05) is 13.3 Å². The number of unbranched alkanes of at least 4 members (excludes halogenated alkanes) is 2. The lowest BCUT2D eigenvalue weighted by atomic mass is 10.3. The minimum absolute atomic E-state index is 0.327. The van der Waals surface area contributed by atoms with Crippen LogP contribution < -0.4 is 0 Å². The van der Waals surface area contributed by atoms with Crippen molar-refractivity contribution in [3.8, 4) is 0 Å². The van der Waals surface area contributed by atoms with E-state index < -0.39 is 5.97 Å². The Balaban J connectivity index is 3.21. The third-order valence-corrected chi connectivity index (χ3v) is 3.65. The highest BCUT2D eigenvalue weighted by atomic mass is 32.2. The van der Waals surface area contributed by atoms with E-state index in [1.165, 1.54) is 25.0 Å². The van der Waals surface area contributed by atoms with Crippen LogP contribution in [0.25, 0.3) is 0 Å². The zero-order valence-corrected chi connectivity index (χ0v) is 8.82. The fourth-order valence-electron chi connectivity index (χ4n) is 0.962. The molecule has 0 aromatic heterocycles. The van der Waals surface area contributed by atoms with Crippen LogP contribution in [0.1, 0.15) is 32.6 Å². The zero-order chi connectivity index (χ0) is 9.40. The molecule has 0 aromatic carbocycles. The van der Waals surface area contributed by atoms with E-state index in [4.69, 9.17) is 5.11 Å². The second-order valence-corrected chi connectivity index (χ2v) is 5.42. The normalized spacial score (nSPS) is 12.8. The van der Waals surface area contributed by atoms with Crippen LogP contribution in [0.4, 0.5) is 0 Å². The lowest BCUT2D eigenvalue weighted by Crippen LogP contribution is -2.13. The average molecular weight is 191 g/mol. The van der Waals surface area contributed by atoms with E-state index in [0.717, 1.165) is 5.75 Å². The van der Waals surface area contributed by atoms with Crippen LogP contribution in [-0.4, -0.2) is 28.8 Å². The third-order valence-electron chi connectivity index (χ3n) is 1.76. The fraction of sp³-hybridized carbons (Fsp3) is 0.889. The zero-order valence-electron chi connectivity index (χ0n) is 8.01. The Kier molecular flexibility index (Phi) is 7.36. The molecule has 0 aliphatic carbocycles. The molecule has 2 nitrogen and oxygen atoms in total. The second kappa shape index (κ2) is 7.47. The maximum atomic E-state index is 10.2. The standard InChI is InChI=1S/C9H18O2S/c1-3-4-5-7-12(2)8-6-9(10)11/h3-8H2,1-2H3/p+1. The molecule has 1 unspecified atom stereocenters. The maximum absolute atomic E-state index is 10.2. The van der Waals surface area contributed by atoms with Gasteiger partial charge < -0.3 is 5.11 Å². The third kappa shape index (κ3) is 7.92. The second-order valence-electron chi connectivity index (χ2n) is 3.04. The molecule has 0 bridgehead atoms. The fourth-order valence-corrected chi connectivity index (χ4v) is 2.39. The molecule has 0 amide bonds. The highest BCUT2D eigenvalue weighted by Crippen LogP contribution is 2.02. The molecule has 0 saturated carbocycles. The molecule has 12 heavy (non-hydrogen) atoms. The summed E-state index contributed by atoms with van der Waals surface area (Å²) in [4.78, 5) is 10.2. The van der Waals surface area contributed by atoms with Crippen LogP contribution in [0.3, 0.4) is 0 Å². The van der Waals surface area contributed by atoms with Gasteiger partial charge in [-0.3, -0.25) is 4.79 Å². The minimum atomic E-state index is -0.662. The Morgan fingerprint density at radius 2 is 2.00 bits per heavy atom. The summed E-state index contributed by atoms with van der Waals surface area (Å²) in [5.74, 6) is 1.41. The monoisotopic (exact) mass is 191 g/mol. The van der Waals surface area contributed by atoms with E-state index in [1.807, 2.05) is 0 Å². The lowest BCUT2D eigenvalue weighted by Gasteiger charge is -2.00. The molecule has 0 radical (unpaired) electrons. The smallest absolute Gasteiger partial charge is 0.308 e. The molecule has 0 heterocycles. The number of hydrogen-bond donors (Lipinski definition) is 1. The van der Waals surface area contributed by atoms with Gasteiger partial charge in [0.05, 0.1) is 12.7 Å². The molecule has 0 aliphatic heterocycles. The molecular weight excluding hydrogens is 172 g/mol.